The summed E-state index contributed by atoms with van der Waals surface area (Å²) in [5, 5.41) is 9.59. The average molecular weight is 229 g/mol. The lowest BCUT2D eigenvalue weighted by molar-refractivity contribution is 0.0690. The second-order valence-corrected chi connectivity index (χ2v) is 5.01. The quantitative estimate of drug-likeness (QED) is 0.691. The lowest BCUT2D eigenvalue weighted by atomic mass is 10.2. The van der Waals surface area contributed by atoms with Gasteiger partial charge in [0.1, 0.15) is 0 Å². The molecule has 16 heavy (non-hydrogen) atoms. The first-order valence-corrected chi connectivity index (χ1v) is 6.39. The molecule has 0 radical (unpaired) electrons. The fourth-order valence-electron chi connectivity index (χ4n) is 1.96. The van der Waals surface area contributed by atoms with Crippen molar-refractivity contribution in [3.8, 4) is 0 Å². The average Bonchev–Trinajstić information content (AvgIpc) is 2.28. The predicted octanol–water partition coefficient (Wildman–Crippen LogP) is -0.0635. The van der Waals surface area contributed by atoms with Gasteiger partial charge in [-0.1, -0.05) is 6.92 Å². The van der Waals surface area contributed by atoms with Crippen LogP contribution in [0.3, 0.4) is 0 Å². The molecule has 0 saturated carbocycles. The number of rotatable bonds is 6. The number of hydrogen-bond acceptors (Lipinski definition) is 4. The third-order valence-electron chi connectivity index (χ3n) is 3.27. The fraction of sp³-hybridized carbons (Fsp3) is 1.00. The second-order valence-electron chi connectivity index (χ2n) is 5.01. The van der Waals surface area contributed by atoms with Gasteiger partial charge in [0.25, 0.3) is 0 Å². The molecule has 1 N–H and O–H groups in total. The highest BCUT2D eigenvalue weighted by Crippen LogP contribution is 2.03. The summed E-state index contributed by atoms with van der Waals surface area (Å²) >= 11 is 0. The van der Waals surface area contributed by atoms with Crippen LogP contribution in [-0.2, 0) is 0 Å². The maximum atomic E-state index is 9.59. The molecule has 1 fully saturated rings. The molecule has 96 valence electrons. The molecular formula is C12H27N3O. The number of hydrogen-bond donors (Lipinski definition) is 1. The number of likely N-dealkylation sites (N-methyl/N-ethyl adjacent to an activating group) is 1. The van der Waals surface area contributed by atoms with E-state index in [0.29, 0.717) is 0 Å². The highest BCUT2D eigenvalue weighted by molar-refractivity contribution is 4.74. The van der Waals surface area contributed by atoms with Crippen molar-refractivity contribution in [3.05, 3.63) is 0 Å². The SMILES string of the molecule is CCC(O)CN1CCN(CCN(C)C)CC1. The molecule has 4 nitrogen and oxygen atoms in total. The van der Waals surface area contributed by atoms with Gasteiger partial charge in [0.15, 0.2) is 0 Å². The Bertz CT molecular complexity index is 179. The molecule has 0 spiro atoms. The van der Waals surface area contributed by atoms with Gasteiger partial charge in [-0.25, -0.2) is 0 Å². The number of piperazine rings is 1. The van der Waals surface area contributed by atoms with Crippen LogP contribution in [0.4, 0.5) is 0 Å². The monoisotopic (exact) mass is 229 g/mol. The summed E-state index contributed by atoms with van der Waals surface area (Å²) in [6.07, 6.45) is 0.717. The maximum absolute atomic E-state index is 9.59. The van der Waals surface area contributed by atoms with Crippen LogP contribution in [-0.4, -0.2) is 85.8 Å². The van der Waals surface area contributed by atoms with E-state index in [1.807, 2.05) is 6.92 Å². The van der Waals surface area contributed by atoms with E-state index in [2.05, 4.69) is 28.8 Å². The van der Waals surface area contributed by atoms with Gasteiger partial charge in [-0.05, 0) is 20.5 Å². The highest BCUT2D eigenvalue weighted by Gasteiger charge is 2.18. The summed E-state index contributed by atoms with van der Waals surface area (Å²) in [6, 6.07) is 0. The lowest BCUT2D eigenvalue weighted by Crippen LogP contribution is -2.49. The molecule has 0 aromatic rings. The molecule has 4 heteroatoms. The summed E-state index contributed by atoms with van der Waals surface area (Å²) in [6.45, 7) is 9.67. The number of nitrogens with zero attached hydrogens (tertiary/aromatic N) is 3. The Morgan fingerprint density at radius 3 is 2.19 bits per heavy atom. The molecule has 0 amide bonds. The summed E-state index contributed by atoms with van der Waals surface area (Å²) in [5.41, 5.74) is 0. The Balaban J connectivity index is 2.13. The van der Waals surface area contributed by atoms with Crippen LogP contribution in [0.25, 0.3) is 0 Å². The van der Waals surface area contributed by atoms with Crippen LogP contribution in [0.1, 0.15) is 13.3 Å². The van der Waals surface area contributed by atoms with Gasteiger partial charge in [0.2, 0.25) is 0 Å². The predicted molar refractivity (Wildman–Crippen MR) is 67.7 cm³/mol. The van der Waals surface area contributed by atoms with Crippen molar-refractivity contribution in [2.75, 3.05) is 59.9 Å². The Hall–Kier alpha value is -0.160. The minimum absolute atomic E-state index is 0.145. The van der Waals surface area contributed by atoms with Crippen molar-refractivity contribution in [1.82, 2.24) is 14.7 Å². The van der Waals surface area contributed by atoms with Gasteiger partial charge < -0.3 is 10.0 Å². The van der Waals surface area contributed by atoms with Gasteiger partial charge in [0, 0.05) is 45.8 Å². The summed E-state index contributed by atoms with van der Waals surface area (Å²) in [5.74, 6) is 0. The van der Waals surface area contributed by atoms with Crippen LogP contribution in [0.5, 0.6) is 0 Å². The number of aliphatic hydroxyl groups is 1. The van der Waals surface area contributed by atoms with Crippen molar-refractivity contribution < 1.29 is 5.11 Å². The van der Waals surface area contributed by atoms with E-state index in [1.165, 1.54) is 0 Å². The molecule has 1 aliphatic heterocycles. The maximum Gasteiger partial charge on any atom is 0.0664 e. The van der Waals surface area contributed by atoms with Crippen molar-refractivity contribution in [2.45, 2.75) is 19.4 Å². The molecule has 1 aliphatic rings. The smallest absolute Gasteiger partial charge is 0.0664 e. The molecule has 0 aromatic heterocycles. The summed E-state index contributed by atoms with van der Waals surface area (Å²) in [7, 11) is 4.24. The van der Waals surface area contributed by atoms with Crippen LogP contribution in [0.15, 0.2) is 0 Å². The lowest BCUT2D eigenvalue weighted by Gasteiger charge is -2.35. The molecule has 1 unspecified atom stereocenters. The van der Waals surface area contributed by atoms with Crippen LogP contribution in [0.2, 0.25) is 0 Å². The minimum Gasteiger partial charge on any atom is -0.392 e. The van der Waals surface area contributed by atoms with E-state index >= 15 is 0 Å². The zero-order valence-electron chi connectivity index (χ0n) is 11.0. The highest BCUT2D eigenvalue weighted by atomic mass is 16.3. The molecule has 1 atom stereocenters. The Morgan fingerprint density at radius 1 is 1.12 bits per heavy atom. The molecule has 1 rings (SSSR count). The molecule has 1 heterocycles. The third kappa shape index (κ3) is 5.25. The van der Waals surface area contributed by atoms with Crippen LogP contribution < -0.4 is 0 Å². The topological polar surface area (TPSA) is 30.0 Å². The molecular weight excluding hydrogens is 202 g/mol. The first-order chi connectivity index (χ1) is 7.61. The van der Waals surface area contributed by atoms with E-state index in [9.17, 15) is 5.11 Å². The van der Waals surface area contributed by atoms with Crippen LogP contribution >= 0.6 is 0 Å². The Labute approximate surface area is 99.8 Å². The van der Waals surface area contributed by atoms with Gasteiger partial charge in [-0.15, -0.1) is 0 Å². The molecule has 1 saturated heterocycles. The zero-order valence-corrected chi connectivity index (χ0v) is 11.0. The Kier molecular flexibility index (Phi) is 6.28. The third-order valence-corrected chi connectivity index (χ3v) is 3.27. The summed E-state index contributed by atoms with van der Waals surface area (Å²) < 4.78 is 0. The van der Waals surface area contributed by atoms with E-state index in [1.54, 1.807) is 0 Å². The van der Waals surface area contributed by atoms with E-state index in [0.717, 1.165) is 52.2 Å². The van der Waals surface area contributed by atoms with Gasteiger partial charge in [0.05, 0.1) is 6.10 Å². The normalized spacial score (nSPS) is 21.6. The summed E-state index contributed by atoms with van der Waals surface area (Å²) in [4.78, 5) is 7.11. The van der Waals surface area contributed by atoms with E-state index in [-0.39, 0.29) is 6.10 Å². The van der Waals surface area contributed by atoms with Crippen molar-refractivity contribution in [3.63, 3.8) is 0 Å². The Morgan fingerprint density at radius 2 is 1.69 bits per heavy atom. The van der Waals surface area contributed by atoms with Crippen molar-refractivity contribution in [1.29, 1.82) is 0 Å². The van der Waals surface area contributed by atoms with Crippen molar-refractivity contribution in [2.24, 2.45) is 0 Å². The van der Waals surface area contributed by atoms with E-state index < -0.39 is 0 Å². The largest absolute Gasteiger partial charge is 0.392 e. The van der Waals surface area contributed by atoms with Gasteiger partial charge in [-0.2, -0.15) is 0 Å². The molecule has 0 aromatic carbocycles. The molecule has 0 bridgehead atoms. The van der Waals surface area contributed by atoms with E-state index in [4.69, 9.17) is 0 Å². The fourth-order valence-corrected chi connectivity index (χ4v) is 1.96. The van der Waals surface area contributed by atoms with Gasteiger partial charge in [-0.3, -0.25) is 9.80 Å². The first-order valence-electron chi connectivity index (χ1n) is 6.39. The molecule has 0 aliphatic carbocycles. The van der Waals surface area contributed by atoms with Crippen LogP contribution in [0, 0.1) is 0 Å². The number of aliphatic hydroxyl groups excluding tert-OH is 1. The minimum atomic E-state index is -0.145. The zero-order chi connectivity index (χ0) is 12.0. The second kappa shape index (κ2) is 7.22. The first kappa shape index (κ1) is 13.9. The van der Waals surface area contributed by atoms with Gasteiger partial charge >= 0.3 is 0 Å². The standard InChI is InChI=1S/C12H27N3O/c1-4-12(16)11-15-9-7-14(8-10-15)6-5-13(2)3/h12,16H,4-11H2,1-3H3. The number of β-amino-alcohol motifs (C(OH)–C–C–N with tert-alkyl or cyclic N) is 1. The van der Waals surface area contributed by atoms with Crippen molar-refractivity contribution >= 4 is 0 Å².